The van der Waals surface area contributed by atoms with Crippen molar-refractivity contribution in [1.82, 2.24) is 0 Å². The van der Waals surface area contributed by atoms with Gasteiger partial charge in [0.15, 0.2) is 0 Å². The summed E-state index contributed by atoms with van der Waals surface area (Å²) in [6.07, 6.45) is 1.03. The Morgan fingerprint density at radius 2 is 1.53 bits per heavy atom. The Bertz CT molecular complexity index is 189. The molecule has 0 saturated heterocycles. The van der Waals surface area contributed by atoms with E-state index in [0.29, 0.717) is 26.4 Å². The van der Waals surface area contributed by atoms with Gasteiger partial charge in [-0.05, 0) is 25.7 Å². The van der Waals surface area contributed by atoms with Gasteiger partial charge in [0.2, 0.25) is 0 Å². The molecule has 0 aliphatic heterocycles. The second-order valence-electron chi connectivity index (χ2n) is 5.25. The summed E-state index contributed by atoms with van der Waals surface area (Å²) in [6.45, 7) is 12.9. The molecular formula is C12H29NO3Si. The maximum Gasteiger partial charge on any atom is 0.501 e. The lowest BCUT2D eigenvalue weighted by Crippen LogP contribution is -2.47. The SMILES string of the molecule is CCO[Si](CCC(C)(C)C)(OCC)OCCN. The maximum atomic E-state index is 5.82. The minimum absolute atomic E-state index is 0.262. The number of nitrogens with two attached hydrogens (primary N) is 1. The van der Waals surface area contributed by atoms with Gasteiger partial charge in [0.1, 0.15) is 0 Å². The van der Waals surface area contributed by atoms with Crippen molar-refractivity contribution in [3.8, 4) is 0 Å². The monoisotopic (exact) mass is 263 g/mol. The average Bonchev–Trinajstić information content (AvgIpc) is 2.23. The quantitative estimate of drug-likeness (QED) is 0.649. The first kappa shape index (κ1) is 17.1. The van der Waals surface area contributed by atoms with Gasteiger partial charge in [0.05, 0.1) is 6.61 Å². The summed E-state index contributed by atoms with van der Waals surface area (Å²) in [6, 6.07) is 0.859. The van der Waals surface area contributed by atoms with Gasteiger partial charge in [-0.25, -0.2) is 0 Å². The van der Waals surface area contributed by atoms with Gasteiger partial charge in [0, 0.05) is 25.8 Å². The lowest BCUT2D eigenvalue weighted by molar-refractivity contribution is 0.0663. The number of rotatable bonds is 9. The van der Waals surface area contributed by atoms with Crippen LogP contribution in [-0.4, -0.2) is 35.2 Å². The van der Waals surface area contributed by atoms with Crippen molar-refractivity contribution in [3.63, 3.8) is 0 Å². The van der Waals surface area contributed by atoms with Gasteiger partial charge in [-0.15, -0.1) is 0 Å². The first-order valence-electron chi connectivity index (χ1n) is 6.51. The summed E-state index contributed by atoms with van der Waals surface area (Å²) < 4.78 is 17.4. The number of hydrogen-bond donors (Lipinski definition) is 1. The average molecular weight is 263 g/mol. The zero-order valence-electron chi connectivity index (χ0n) is 12.0. The van der Waals surface area contributed by atoms with Gasteiger partial charge >= 0.3 is 8.80 Å². The second kappa shape index (κ2) is 8.21. The van der Waals surface area contributed by atoms with Crippen molar-refractivity contribution in [1.29, 1.82) is 0 Å². The zero-order chi connectivity index (χ0) is 13.4. The molecule has 0 aromatic carbocycles. The van der Waals surface area contributed by atoms with Crippen molar-refractivity contribution in [2.45, 2.75) is 47.1 Å². The highest BCUT2D eigenvalue weighted by Crippen LogP contribution is 2.27. The van der Waals surface area contributed by atoms with E-state index in [1.165, 1.54) is 0 Å². The normalized spacial score (nSPS) is 13.1. The summed E-state index contributed by atoms with van der Waals surface area (Å²) in [5.74, 6) is 0. The van der Waals surface area contributed by atoms with Gasteiger partial charge in [0.25, 0.3) is 0 Å². The van der Waals surface area contributed by atoms with Crippen LogP contribution in [0.2, 0.25) is 6.04 Å². The molecular weight excluding hydrogens is 234 g/mol. The van der Waals surface area contributed by atoms with Crippen LogP contribution in [-0.2, 0) is 13.3 Å². The molecule has 0 aliphatic carbocycles. The lowest BCUT2D eigenvalue weighted by Gasteiger charge is -2.31. The molecule has 0 amide bonds. The van der Waals surface area contributed by atoms with Crippen LogP contribution in [0, 0.1) is 5.41 Å². The highest BCUT2D eigenvalue weighted by Gasteiger charge is 2.41. The van der Waals surface area contributed by atoms with Gasteiger partial charge in [-0.3, -0.25) is 0 Å². The largest absolute Gasteiger partial charge is 0.501 e. The highest BCUT2D eigenvalue weighted by atomic mass is 28.4. The standard InChI is InChI=1S/C12H29NO3Si/c1-6-14-17(15-7-2,16-10-9-13)11-8-12(3,4)5/h6-11,13H2,1-5H3. The molecule has 0 saturated carbocycles. The van der Waals surface area contributed by atoms with Gasteiger partial charge in [-0.1, -0.05) is 20.8 Å². The molecule has 2 N–H and O–H groups in total. The topological polar surface area (TPSA) is 53.7 Å². The summed E-state index contributed by atoms with van der Waals surface area (Å²) >= 11 is 0. The minimum atomic E-state index is -2.51. The highest BCUT2D eigenvalue weighted by molar-refractivity contribution is 6.60. The first-order chi connectivity index (χ1) is 7.89. The zero-order valence-corrected chi connectivity index (χ0v) is 13.0. The smallest absolute Gasteiger partial charge is 0.374 e. The molecule has 0 aliphatic rings. The molecule has 0 rings (SSSR count). The van der Waals surface area contributed by atoms with E-state index in [1.54, 1.807) is 0 Å². The fourth-order valence-electron chi connectivity index (χ4n) is 1.52. The van der Waals surface area contributed by atoms with E-state index in [0.717, 1.165) is 12.5 Å². The predicted octanol–water partition coefficient (Wildman–Crippen LogP) is 2.41. The fraction of sp³-hybridized carbons (Fsp3) is 1.00. The molecule has 0 radical (unpaired) electrons. The predicted molar refractivity (Wildman–Crippen MR) is 72.9 cm³/mol. The van der Waals surface area contributed by atoms with Crippen LogP contribution in [0.1, 0.15) is 41.0 Å². The van der Waals surface area contributed by atoms with Gasteiger partial charge < -0.3 is 19.0 Å². The second-order valence-corrected chi connectivity index (χ2v) is 7.98. The van der Waals surface area contributed by atoms with Crippen LogP contribution < -0.4 is 5.73 Å². The fourth-order valence-corrected chi connectivity index (χ4v) is 4.57. The van der Waals surface area contributed by atoms with E-state index in [2.05, 4.69) is 20.8 Å². The van der Waals surface area contributed by atoms with Crippen LogP contribution in [0.5, 0.6) is 0 Å². The molecule has 0 heterocycles. The summed E-state index contributed by atoms with van der Waals surface area (Å²) in [4.78, 5) is 0. The van der Waals surface area contributed by atoms with E-state index >= 15 is 0 Å². The van der Waals surface area contributed by atoms with E-state index in [1.807, 2.05) is 13.8 Å². The van der Waals surface area contributed by atoms with Crippen LogP contribution in [0.15, 0.2) is 0 Å². The molecule has 0 aromatic heterocycles. The summed E-state index contributed by atoms with van der Waals surface area (Å²) in [5, 5.41) is 0. The molecule has 104 valence electrons. The molecule has 4 nitrogen and oxygen atoms in total. The minimum Gasteiger partial charge on any atom is -0.374 e. The molecule has 0 bridgehead atoms. The summed E-state index contributed by atoms with van der Waals surface area (Å²) in [7, 11) is -2.51. The lowest BCUT2D eigenvalue weighted by atomic mass is 9.94. The van der Waals surface area contributed by atoms with E-state index < -0.39 is 8.80 Å². The molecule has 0 unspecified atom stereocenters. The van der Waals surface area contributed by atoms with Crippen molar-refractivity contribution in [2.24, 2.45) is 11.1 Å². The van der Waals surface area contributed by atoms with Crippen LogP contribution in [0.4, 0.5) is 0 Å². The Labute approximate surface area is 107 Å². The molecule has 5 heteroatoms. The Kier molecular flexibility index (Phi) is 8.24. The molecule has 17 heavy (non-hydrogen) atoms. The van der Waals surface area contributed by atoms with Gasteiger partial charge in [-0.2, -0.15) is 0 Å². The van der Waals surface area contributed by atoms with Crippen molar-refractivity contribution < 1.29 is 13.3 Å². The van der Waals surface area contributed by atoms with E-state index in [4.69, 9.17) is 19.0 Å². The number of hydrogen-bond acceptors (Lipinski definition) is 4. The Morgan fingerprint density at radius 3 is 1.88 bits per heavy atom. The third-order valence-electron chi connectivity index (χ3n) is 2.35. The molecule has 0 aromatic rings. The van der Waals surface area contributed by atoms with Crippen molar-refractivity contribution >= 4 is 8.80 Å². The molecule has 0 spiro atoms. The maximum absolute atomic E-state index is 5.82. The third-order valence-corrected chi connectivity index (χ3v) is 5.31. The Hall–Kier alpha value is 0.0569. The van der Waals surface area contributed by atoms with E-state index in [-0.39, 0.29) is 5.41 Å². The van der Waals surface area contributed by atoms with Crippen molar-refractivity contribution in [3.05, 3.63) is 0 Å². The Balaban J connectivity index is 4.51. The molecule has 0 fully saturated rings. The van der Waals surface area contributed by atoms with E-state index in [9.17, 15) is 0 Å². The third kappa shape index (κ3) is 7.89. The first-order valence-corrected chi connectivity index (χ1v) is 8.44. The van der Waals surface area contributed by atoms with Crippen LogP contribution in [0.25, 0.3) is 0 Å². The molecule has 0 atom stereocenters. The summed E-state index contributed by atoms with van der Waals surface area (Å²) in [5.41, 5.74) is 5.76. The van der Waals surface area contributed by atoms with Crippen LogP contribution in [0.3, 0.4) is 0 Å². The van der Waals surface area contributed by atoms with Crippen molar-refractivity contribution in [2.75, 3.05) is 26.4 Å². The van der Waals surface area contributed by atoms with Crippen LogP contribution >= 0.6 is 0 Å². The Morgan fingerprint density at radius 1 is 1.00 bits per heavy atom.